The summed E-state index contributed by atoms with van der Waals surface area (Å²) in [4.78, 5) is 14.6. The van der Waals surface area contributed by atoms with E-state index in [9.17, 15) is 4.79 Å². The zero-order chi connectivity index (χ0) is 18.2. The molecule has 0 aliphatic carbocycles. The number of carbonyl (C=O) groups excluding carboxylic acids is 1. The second-order valence-electron chi connectivity index (χ2n) is 6.39. The van der Waals surface area contributed by atoms with E-state index >= 15 is 0 Å². The van der Waals surface area contributed by atoms with Crippen LogP contribution in [0.1, 0.15) is 18.1 Å². The Bertz CT molecular complexity index is 727. The maximum Gasteiger partial charge on any atom is 0.262 e. The van der Waals surface area contributed by atoms with Crippen LogP contribution < -0.4 is 10.1 Å². The molecule has 0 atom stereocenters. The zero-order valence-corrected chi connectivity index (χ0v) is 15.2. The van der Waals surface area contributed by atoms with Gasteiger partial charge in [0.05, 0.1) is 13.2 Å². The first-order valence-electron chi connectivity index (χ1n) is 9.14. The minimum absolute atomic E-state index is 0.00467. The van der Waals surface area contributed by atoms with Crippen LogP contribution in [-0.2, 0) is 22.5 Å². The molecule has 138 valence electrons. The van der Waals surface area contributed by atoms with Crippen molar-refractivity contribution in [1.29, 1.82) is 0 Å². The molecule has 5 nitrogen and oxygen atoms in total. The molecule has 2 aromatic rings. The number of nitrogens with one attached hydrogen (secondary N) is 1. The summed E-state index contributed by atoms with van der Waals surface area (Å²) in [5.41, 5.74) is 3.09. The number of hydrogen-bond acceptors (Lipinski definition) is 4. The second kappa shape index (κ2) is 9.36. The Balaban J connectivity index is 1.53. The monoisotopic (exact) mass is 354 g/mol. The summed E-state index contributed by atoms with van der Waals surface area (Å²) in [5.74, 6) is 0.616. The van der Waals surface area contributed by atoms with Crippen LogP contribution in [0.15, 0.2) is 48.5 Å². The average Bonchev–Trinajstić information content (AvgIpc) is 2.67. The van der Waals surface area contributed by atoms with Gasteiger partial charge in [0, 0.05) is 25.3 Å². The van der Waals surface area contributed by atoms with E-state index in [1.54, 1.807) is 0 Å². The molecule has 0 saturated carbocycles. The van der Waals surface area contributed by atoms with Crippen LogP contribution in [0.5, 0.6) is 5.75 Å². The number of benzene rings is 2. The van der Waals surface area contributed by atoms with E-state index in [0.717, 1.165) is 56.3 Å². The number of amides is 1. The van der Waals surface area contributed by atoms with Crippen LogP contribution in [-0.4, -0.2) is 43.7 Å². The number of rotatable bonds is 7. The van der Waals surface area contributed by atoms with Gasteiger partial charge in [-0.15, -0.1) is 0 Å². The van der Waals surface area contributed by atoms with Gasteiger partial charge in [0.25, 0.3) is 5.91 Å². The van der Waals surface area contributed by atoms with Crippen molar-refractivity contribution in [1.82, 2.24) is 4.90 Å². The van der Waals surface area contributed by atoms with Crippen molar-refractivity contribution < 1.29 is 14.3 Å². The Hall–Kier alpha value is -2.37. The molecule has 2 aromatic carbocycles. The summed E-state index contributed by atoms with van der Waals surface area (Å²) in [7, 11) is 0. The van der Waals surface area contributed by atoms with Crippen LogP contribution in [0, 0.1) is 0 Å². The summed E-state index contributed by atoms with van der Waals surface area (Å²) in [6.45, 7) is 6.41. The van der Waals surface area contributed by atoms with E-state index in [2.05, 4.69) is 23.2 Å². The summed E-state index contributed by atoms with van der Waals surface area (Å²) in [5, 5.41) is 2.92. The number of morpholine rings is 1. The molecular formula is C21H26N2O3. The van der Waals surface area contributed by atoms with E-state index in [0.29, 0.717) is 0 Å². The lowest BCUT2D eigenvalue weighted by Gasteiger charge is -2.26. The van der Waals surface area contributed by atoms with E-state index in [1.807, 2.05) is 42.5 Å². The van der Waals surface area contributed by atoms with Gasteiger partial charge in [-0.05, 0) is 35.7 Å². The van der Waals surface area contributed by atoms with Crippen molar-refractivity contribution in [3.63, 3.8) is 0 Å². The maximum absolute atomic E-state index is 12.2. The van der Waals surface area contributed by atoms with Crippen molar-refractivity contribution in [2.75, 3.05) is 38.2 Å². The third kappa shape index (κ3) is 5.31. The standard InChI is InChI=1S/C21H26N2O3/c1-2-18-7-3-4-9-20(18)26-16-21(24)22-19-8-5-6-17(14-19)15-23-10-12-25-13-11-23/h3-9,14H,2,10-13,15-16H2,1H3,(H,22,24). The summed E-state index contributed by atoms with van der Waals surface area (Å²) >= 11 is 0. The normalized spacial score (nSPS) is 14.8. The molecule has 1 heterocycles. The number of anilines is 1. The molecule has 1 fully saturated rings. The number of aryl methyl sites for hydroxylation is 1. The highest BCUT2D eigenvalue weighted by atomic mass is 16.5. The quantitative estimate of drug-likeness (QED) is 0.830. The highest BCUT2D eigenvalue weighted by Crippen LogP contribution is 2.18. The van der Waals surface area contributed by atoms with Gasteiger partial charge in [-0.1, -0.05) is 37.3 Å². The van der Waals surface area contributed by atoms with Crippen LogP contribution >= 0.6 is 0 Å². The van der Waals surface area contributed by atoms with Gasteiger partial charge >= 0.3 is 0 Å². The Labute approximate surface area is 154 Å². The number of nitrogens with zero attached hydrogens (tertiary/aromatic N) is 1. The molecule has 1 amide bonds. The fourth-order valence-corrected chi connectivity index (χ4v) is 3.04. The molecule has 0 unspecified atom stereocenters. The first kappa shape index (κ1) is 18.4. The van der Waals surface area contributed by atoms with Gasteiger partial charge in [0.2, 0.25) is 0 Å². The predicted molar refractivity (Wildman–Crippen MR) is 102 cm³/mol. The van der Waals surface area contributed by atoms with Gasteiger partial charge in [-0.3, -0.25) is 9.69 Å². The molecule has 1 saturated heterocycles. The highest BCUT2D eigenvalue weighted by Gasteiger charge is 2.11. The van der Waals surface area contributed by atoms with Crippen molar-refractivity contribution in [3.8, 4) is 5.75 Å². The predicted octanol–water partition coefficient (Wildman–Crippen LogP) is 3.10. The van der Waals surface area contributed by atoms with Crippen LogP contribution in [0.3, 0.4) is 0 Å². The summed E-state index contributed by atoms with van der Waals surface area (Å²) < 4.78 is 11.1. The molecule has 1 aliphatic rings. The zero-order valence-electron chi connectivity index (χ0n) is 15.2. The molecule has 0 bridgehead atoms. The SMILES string of the molecule is CCc1ccccc1OCC(=O)Nc1cccc(CN2CCOCC2)c1. The average molecular weight is 354 g/mol. The number of para-hydroxylation sites is 1. The fourth-order valence-electron chi connectivity index (χ4n) is 3.04. The Kier molecular flexibility index (Phi) is 6.63. The van der Waals surface area contributed by atoms with E-state index in [1.165, 1.54) is 5.56 Å². The lowest BCUT2D eigenvalue weighted by atomic mass is 10.1. The molecule has 0 radical (unpaired) electrons. The lowest BCUT2D eigenvalue weighted by Crippen LogP contribution is -2.35. The Morgan fingerprint density at radius 1 is 1.15 bits per heavy atom. The van der Waals surface area contributed by atoms with E-state index in [4.69, 9.17) is 9.47 Å². The smallest absolute Gasteiger partial charge is 0.262 e. The van der Waals surface area contributed by atoms with Crippen molar-refractivity contribution in [2.24, 2.45) is 0 Å². The van der Waals surface area contributed by atoms with Crippen molar-refractivity contribution in [3.05, 3.63) is 59.7 Å². The molecule has 3 rings (SSSR count). The van der Waals surface area contributed by atoms with Crippen LogP contribution in [0.2, 0.25) is 0 Å². The minimum atomic E-state index is -0.153. The summed E-state index contributed by atoms with van der Waals surface area (Å²) in [6.07, 6.45) is 0.876. The number of ether oxygens (including phenoxy) is 2. The third-order valence-electron chi connectivity index (χ3n) is 4.43. The van der Waals surface area contributed by atoms with Crippen molar-refractivity contribution in [2.45, 2.75) is 19.9 Å². The van der Waals surface area contributed by atoms with Gasteiger partial charge in [0.15, 0.2) is 6.61 Å². The van der Waals surface area contributed by atoms with Gasteiger partial charge in [0.1, 0.15) is 5.75 Å². The topological polar surface area (TPSA) is 50.8 Å². The van der Waals surface area contributed by atoms with E-state index < -0.39 is 0 Å². The first-order chi connectivity index (χ1) is 12.7. The molecule has 1 aliphatic heterocycles. The Morgan fingerprint density at radius 2 is 1.96 bits per heavy atom. The van der Waals surface area contributed by atoms with Gasteiger partial charge < -0.3 is 14.8 Å². The number of hydrogen-bond donors (Lipinski definition) is 1. The minimum Gasteiger partial charge on any atom is -0.483 e. The largest absolute Gasteiger partial charge is 0.483 e. The lowest BCUT2D eigenvalue weighted by molar-refractivity contribution is -0.118. The van der Waals surface area contributed by atoms with Gasteiger partial charge in [-0.25, -0.2) is 0 Å². The highest BCUT2D eigenvalue weighted by molar-refractivity contribution is 5.91. The molecule has 26 heavy (non-hydrogen) atoms. The molecule has 5 heteroatoms. The molecule has 0 aromatic heterocycles. The number of carbonyl (C=O) groups is 1. The van der Waals surface area contributed by atoms with Crippen LogP contribution in [0.25, 0.3) is 0 Å². The third-order valence-corrected chi connectivity index (χ3v) is 4.43. The Morgan fingerprint density at radius 3 is 2.77 bits per heavy atom. The maximum atomic E-state index is 12.2. The first-order valence-corrected chi connectivity index (χ1v) is 9.14. The molecular weight excluding hydrogens is 328 g/mol. The second-order valence-corrected chi connectivity index (χ2v) is 6.39. The van der Waals surface area contributed by atoms with E-state index in [-0.39, 0.29) is 12.5 Å². The van der Waals surface area contributed by atoms with Gasteiger partial charge in [-0.2, -0.15) is 0 Å². The molecule has 0 spiro atoms. The van der Waals surface area contributed by atoms with Crippen molar-refractivity contribution >= 4 is 11.6 Å². The molecule has 1 N–H and O–H groups in total. The fraction of sp³-hybridized carbons (Fsp3) is 0.381. The van der Waals surface area contributed by atoms with Crippen LogP contribution in [0.4, 0.5) is 5.69 Å². The summed E-state index contributed by atoms with van der Waals surface area (Å²) in [6, 6.07) is 15.8.